The van der Waals surface area contributed by atoms with Crippen LogP contribution in [0.4, 0.5) is 4.39 Å². The highest BCUT2D eigenvalue weighted by atomic mass is 19.1. The van der Waals surface area contributed by atoms with Gasteiger partial charge in [0.05, 0.1) is 6.54 Å². The molecule has 0 fully saturated rings. The number of rotatable bonds is 6. The molecule has 0 saturated carbocycles. The summed E-state index contributed by atoms with van der Waals surface area (Å²) in [6.07, 6.45) is 0.971. The third-order valence-electron chi connectivity index (χ3n) is 2.75. The second kappa shape index (κ2) is 6.96. The minimum Gasteiger partial charge on any atom is -0.409 e. The Morgan fingerprint density at radius 2 is 2.22 bits per heavy atom. The Balaban J connectivity index is 2.76. The van der Waals surface area contributed by atoms with E-state index in [0.717, 1.165) is 24.1 Å². The van der Waals surface area contributed by atoms with Gasteiger partial charge >= 0.3 is 0 Å². The molecular formula is C13H20FN3O. The van der Waals surface area contributed by atoms with E-state index in [-0.39, 0.29) is 11.7 Å². The number of aryl methyl sites for hydroxylation is 1. The van der Waals surface area contributed by atoms with Gasteiger partial charge in [-0.1, -0.05) is 18.1 Å². The van der Waals surface area contributed by atoms with Crippen molar-refractivity contribution in [3.8, 4) is 0 Å². The number of hydrogen-bond donors (Lipinski definition) is 2. The van der Waals surface area contributed by atoms with Gasteiger partial charge in [-0.2, -0.15) is 0 Å². The fraction of sp³-hybridized carbons (Fsp3) is 0.462. The predicted molar refractivity (Wildman–Crippen MR) is 70.1 cm³/mol. The maximum absolute atomic E-state index is 13.0. The van der Waals surface area contributed by atoms with Crippen molar-refractivity contribution in [1.29, 1.82) is 0 Å². The molecule has 0 heterocycles. The summed E-state index contributed by atoms with van der Waals surface area (Å²) in [4.78, 5) is 2.06. The summed E-state index contributed by atoms with van der Waals surface area (Å²) in [5.41, 5.74) is 7.48. The van der Waals surface area contributed by atoms with E-state index in [9.17, 15) is 4.39 Å². The van der Waals surface area contributed by atoms with Crippen molar-refractivity contribution in [3.05, 3.63) is 35.1 Å². The Kier molecular flexibility index (Phi) is 5.58. The minimum atomic E-state index is -0.227. The molecule has 0 spiro atoms. The monoisotopic (exact) mass is 253 g/mol. The van der Waals surface area contributed by atoms with Crippen LogP contribution in [0.15, 0.2) is 23.4 Å². The van der Waals surface area contributed by atoms with Gasteiger partial charge in [-0.15, -0.1) is 0 Å². The topological polar surface area (TPSA) is 61.8 Å². The van der Waals surface area contributed by atoms with Crippen molar-refractivity contribution < 1.29 is 9.60 Å². The van der Waals surface area contributed by atoms with E-state index in [1.807, 2.05) is 6.92 Å². The normalized spacial score (nSPS) is 12.1. The van der Waals surface area contributed by atoms with Crippen molar-refractivity contribution in [3.63, 3.8) is 0 Å². The van der Waals surface area contributed by atoms with Crippen molar-refractivity contribution in [2.75, 3.05) is 13.1 Å². The van der Waals surface area contributed by atoms with E-state index in [1.54, 1.807) is 6.07 Å². The van der Waals surface area contributed by atoms with Gasteiger partial charge in [0.15, 0.2) is 5.84 Å². The van der Waals surface area contributed by atoms with Crippen molar-refractivity contribution in [2.24, 2.45) is 10.9 Å². The van der Waals surface area contributed by atoms with Gasteiger partial charge in [0.2, 0.25) is 0 Å². The smallest absolute Gasteiger partial charge is 0.153 e. The lowest BCUT2D eigenvalue weighted by Crippen LogP contribution is -2.34. The fourth-order valence-corrected chi connectivity index (χ4v) is 1.87. The average molecular weight is 253 g/mol. The largest absolute Gasteiger partial charge is 0.409 e. The lowest BCUT2D eigenvalue weighted by Gasteiger charge is -2.21. The zero-order valence-corrected chi connectivity index (χ0v) is 10.9. The molecule has 0 aliphatic rings. The Morgan fingerprint density at radius 3 is 2.78 bits per heavy atom. The third-order valence-corrected chi connectivity index (χ3v) is 2.75. The molecule has 4 nitrogen and oxygen atoms in total. The van der Waals surface area contributed by atoms with Crippen LogP contribution >= 0.6 is 0 Å². The Morgan fingerprint density at radius 1 is 1.50 bits per heavy atom. The van der Waals surface area contributed by atoms with E-state index < -0.39 is 0 Å². The molecule has 0 aliphatic carbocycles. The first kappa shape index (κ1) is 14.4. The highest BCUT2D eigenvalue weighted by Crippen LogP contribution is 2.13. The molecule has 0 atom stereocenters. The summed E-state index contributed by atoms with van der Waals surface area (Å²) >= 11 is 0. The van der Waals surface area contributed by atoms with E-state index in [2.05, 4.69) is 17.0 Å². The highest BCUT2D eigenvalue weighted by Gasteiger charge is 2.09. The molecule has 1 rings (SSSR count). The van der Waals surface area contributed by atoms with Gasteiger partial charge in [0, 0.05) is 6.54 Å². The molecule has 1 aromatic carbocycles. The first-order valence-corrected chi connectivity index (χ1v) is 6.00. The van der Waals surface area contributed by atoms with E-state index in [1.165, 1.54) is 12.1 Å². The van der Waals surface area contributed by atoms with Gasteiger partial charge in [-0.25, -0.2) is 4.39 Å². The molecule has 100 valence electrons. The van der Waals surface area contributed by atoms with Gasteiger partial charge in [-0.3, -0.25) is 4.90 Å². The SMILES string of the molecule is CCCN(C/C(N)=N/O)Cc1ccc(F)cc1C. The Labute approximate surface area is 107 Å². The van der Waals surface area contributed by atoms with Crippen LogP contribution in [-0.4, -0.2) is 29.0 Å². The fourth-order valence-electron chi connectivity index (χ4n) is 1.87. The van der Waals surface area contributed by atoms with Gasteiger partial charge < -0.3 is 10.9 Å². The molecule has 0 bridgehead atoms. The van der Waals surface area contributed by atoms with Crippen molar-refractivity contribution in [2.45, 2.75) is 26.8 Å². The van der Waals surface area contributed by atoms with Crippen LogP contribution in [0, 0.1) is 12.7 Å². The lowest BCUT2D eigenvalue weighted by molar-refractivity contribution is 0.285. The first-order chi connectivity index (χ1) is 8.56. The summed E-state index contributed by atoms with van der Waals surface area (Å²) in [7, 11) is 0. The highest BCUT2D eigenvalue weighted by molar-refractivity contribution is 5.81. The van der Waals surface area contributed by atoms with Crippen LogP contribution in [0.5, 0.6) is 0 Å². The van der Waals surface area contributed by atoms with Crippen LogP contribution < -0.4 is 5.73 Å². The van der Waals surface area contributed by atoms with Crippen LogP contribution in [0.1, 0.15) is 24.5 Å². The summed E-state index contributed by atoms with van der Waals surface area (Å²) in [5, 5.41) is 11.6. The number of nitrogens with two attached hydrogens (primary N) is 1. The van der Waals surface area contributed by atoms with Gasteiger partial charge in [-0.05, 0) is 43.1 Å². The van der Waals surface area contributed by atoms with Crippen LogP contribution in [-0.2, 0) is 6.54 Å². The standard InChI is InChI=1S/C13H20FN3O/c1-3-6-17(9-13(15)16-18)8-11-4-5-12(14)7-10(11)2/h4-5,7,18H,3,6,8-9H2,1-2H3,(H2,15,16). The van der Waals surface area contributed by atoms with Crippen molar-refractivity contribution in [1.82, 2.24) is 4.90 Å². The molecule has 1 aromatic rings. The summed E-state index contributed by atoms with van der Waals surface area (Å²) in [6.45, 7) is 5.85. The molecule has 3 N–H and O–H groups in total. The lowest BCUT2D eigenvalue weighted by atomic mass is 10.1. The van der Waals surface area contributed by atoms with E-state index in [0.29, 0.717) is 13.1 Å². The number of nitrogens with zero attached hydrogens (tertiary/aromatic N) is 2. The molecular weight excluding hydrogens is 233 g/mol. The first-order valence-electron chi connectivity index (χ1n) is 6.00. The predicted octanol–water partition coefficient (Wildman–Crippen LogP) is 2.09. The molecule has 18 heavy (non-hydrogen) atoms. The Bertz CT molecular complexity index is 421. The molecule has 0 aromatic heterocycles. The molecule has 0 unspecified atom stereocenters. The maximum atomic E-state index is 13.0. The van der Waals surface area contributed by atoms with E-state index >= 15 is 0 Å². The number of oxime groups is 1. The van der Waals surface area contributed by atoms with Crippen LogP contribution in [0.25, 0.3) is 0 Å². The van der Waals surface area contributed by atoms with Gasteiger partial charge in [0.25, 0.3) is 0 Å². The second-order valence-corrected chi connectivity index (χ2v) is 4.37. The second-order valence-electron chi connectivity index (χ2n) is 4.37. The summed E-state index contributed by atoms with van der Waals surface area (Å²) in [5.74, 6) is -0.0436. The molecule has 0 radical (unpaired) electrons. The zero-order valence-electron chi connectivity index (χ0n) is 10.9. The van der Waals surface area contributed by atoms with Crippen LogP contribution in [0.3, 0.4) is 0 Å². The minimum absolute atomic E-state index is 0.184. The molecule has 0 saturated heterocycles. The van der Waals surface area contributed by atoms with Crippen molar-refractivity contribution >= 4 is 5.84 Å². The molecule has 5 heteroatoms. The average Bonchev–Trinajstić information content (AvgIpc) is 2.32. The Hall–Kier alpha value is -1.62. The molecule has 0 amide bonds. The summed E-state index contributed by atoms with van der Waals surface area (Å²) < 4.78 is 13.0. The van der Waals surface area contributed by atoms with E-state index in [4.69, 9.17) is 10.9 Å². The zero-order chi connectivity index (χ0) is 13.5. The number of benzene rings is 1. The molecule has 0 aliphatic heterocycles. The number of halogens is 1. The van der Waals surface area contributed by atoms with Crippen LogP contribution in [0.2, 0.25) is 0 Å². The number of amidine groups is 1. The van der Waals surface area contributed by atoms with Gasteiger partial charge in [0.1, 0.15) is 5.82 Å². The summed E-state index contributed by atoms with van der Waals surface area (Å²) in [6, 6.07) is 4.75. The number of hydrogen-bond acceptors (Lipinski definition) is 3. The quantitative estimate of drug-likeness (QED) is 0.353. The maximum Gasteiger partial charge on any atom is 0.153 e. The third kappa shape index (κ3) is 4.33.